The fraction of sp³-hybridized carbons (Fsp3) is 0.500. The molecule has 27 heavy (non-hydrogen) atoms. The molecule has 0 heterocycles. The van der Waals surface area contributed by atoms with E-state index in [9.17, 15) is 10.2 Å². The number of nitrogens with one attached hydrogen (secondary N) is 1. The number of benzene rings is 2. The molecule has 3 heteroatoms. The Morgan fingerprint density at radius 1 is 1.22 bits per heavy atom. The number of allylic oxidation sites excluding steroid dienone is 1. The number of aryl methyl sites for hydroxylation is 2. The average molecular weight is 370 g/mol. The van der Waals surface area contributed by atoms with Gasteiger partial charge in [-0.25, -0.2) is 0 Å². The molecule has 0 radical (unpaired) electrons. The predicted octanol–water partition coefficient (Wildman–Crippen LogP) is 5.17. The Balaban J connectivity index is 2.71. The highest BCUT2D eigenvalue weighted by Crippen LogP contribution is 2.41. The molecule has 0 unspecified atom stereocenters. The third-order valence-electron chi connectivity index (χ3n) is 5.45. The Morgan fingerprint density at radius 3 is 2.52 bits per heavy atom. The van der Waals surface area contributed by atoms with Crippen LogP contribution in [0.4, 0.5) is 0 Å². The molecule has 0 saturated carbocycles. The van der Waals surface area contributed by atoms with Crippen LogP contribution in [0.25, 0.3) is 10.8 Å². The van der Waals surface area contributed by atoms with E-state index in [1.165, 1.54) is 21.9 Å². The Labute approximate surface area is 164 Å². The van der Waals surface area contributed by atoms with E-state index >= 15 is 0 Å². The molecule has 1 atom stereocenters. The minimum absolute atomic E-state index is 0.109. The zero-order valence-corrected chi connectivity index (χ0v) is 17.7. The first kappa shape index (κ1) is 21.5. The number of likely N-dealkylation sites (N-methyl/N-ethyl adjacent to an activating group) is 1. The highest BCUT2D eigenvalue weighted by atomic mass is 16.3. The first-order valence-electron chi connectivity index (χ1n) is 10.0. The van der Waals surface area contributed by atoms with Gasteiger partial charge in [-0.15, -0.1) is 0 Å². The van der Waals surface area contributed by atoms with Crippen molar-refractivity contribution < 1.29 is 10.2 Å². The lowest BCUT2D eigenvalue weighted by Crippen LogP contribution is -2.16. The van der Waals surface area contributed by atoms with E-state index in [-0.39, 0.29) is 18.4 Å². The minimum Gasteiger partial charge on any atom is -0.507 e. The van der Waals surface area contributed by atoms with Gasteiger partial charge in [0.15, 0.2) is 0 Å². The summed E-state index contributed by atoms with van der Waals surface area (Å²) in [6.07, 6.45) is 3.90. The molecule has 0 aliphatic heterocycles. The second kappa shape index (κ2) is 9.38. The lowest BCUT2D eigenvalue weighted by atomic mass is 9.84. The lowest BCUT2D eigenvalue weighted by molar-refractivity contribution is 0.331. The van der Waals surface area contributed by atoms with Crippen LogP contribution in [-0.4, -0.2) is 30.4 Å². The number of fused-ring (bicyclic) bond motifs is 1. The number of phenols is 1. The number of aromatic hydroxyl groups is 1. The highest BCUT2D eigenvalue weighted by molar-refractivity contribution is 5.93. The van der Waals surface area contributed by atoms with Crippen LogP contribution in [0.5, 0.6) is 5.75 Å². The van der Waals surface area contributed by atoms with Crippen LogP contribution < -0.4 is 5.32 Å². The molecule has 0 fully saturated rings. The molecule has 0 aromatic heterocycles. The molecule has 0 spiro atoms. The summed E-state index contributed by atoms with van der Waals surface area (Å²) in [5.41, 5.74) is 5.64. The molecule has 0 aliphatic carbocycles. The molecule has 0 saturated heterocycles. The van der Waals surface area contributed by atoms with E-state index in [1.54, 1.807) is 0 Å². The fourth-order valence-electron chi connectivity index (χ4n) is 3.90. The molecule has 0 bridgehead atoms. The van der Waals surface area contributed by atoms with Crippen LogP contribution in [0, 0.1) is 6.92 Å². The molecule has 3 nitrogen and oxygen atoms in total. The van der Waals surface area contributed by atoms with Crippen molar-refractivity contribution in [3.8, 4) is 5.75 Å². The van der Waals surface area contributed by atoms with Gasteiger partial charge in [0, 0.05) is 12.1 Å². The third-order valence-corrected chi connectivity index (χ3v) is 5.45. The number of aliphatic hydroxyl groups is 1. The molecular weight excluding hydrogens is 334 g/mol. The van der Waals surface area contributed by atoms with Crippen molar-refractivity contribution in [2.75, 3.05) is 20.2 Å². The zero-order chi connectivity index (χ0) is 20.1. The van der Waals surface area contributed by atoms with Gasteiger partial charge in [0.2, 0.25) is 0 Å². The van der Waals surface area contributed by atoms with Crippen molar-refractivity contribution in [1.82, 2.24) is 5.32 Å². The van der Waals surface area contributed by atoms with Gasteiger partial charge in [0.05, 0.1) is 6.61 Å². The Morgan fingerprint density at radius 2 is 1.93 bits per heavy atom. The predicted molar refractivity (Wildman–Crippen MR) is 116 cm³/mol. The zero-order valence-electron chi connectivity index (χ0n) is 17.7. The van der Waals surface area contributed by atoms with E-state index < -0.39 is 0 Å². The maximum Gasteiger partial charge on any atom is 0.123 e. The van der Waals surface area contributed by atoms with Crippen LogP contribution in [0.15, 0.2) is 29.8 Å². The van der Waals surface area contributed by atoms with E-state index in [1.807, 2.05) is 14.0 Å². The standard InChI is InChI=1S/C24H35NO2/c1-15(2)21-12-19-11-10-17(4)20(9-7-8-16(3)14-26)23(19)22(24(21)27)18(5)13-25-6/h8,10-12,15,18,25-27H,7,9,13-14H2,1-6H3/b16-8+/t18-/m0/s1. The summed E-state index contributed by atoms with van der Waals surface area (Å²) < 4.78 is 0. The third kappa shape index (κ3) is 4.72. The topological polar surface area (TPSA) is 52.5 Å². The maximum absolute atomic E-state index is 11.1. The number of aliphatic hydroxyl groups excluding tert-OH is 1. The minimum atomic E-state index is 0.109. The summed E-state index contributed by atoms with van der Waals surface area (Å²) in [7, 11) is 1.96. The molecule has 0 aliphatic rings. The first-order valence-corrected chi connectivity index (χ1v) is 10.0. The van der Waals surface area contributed by atoms with Gasteiger partial charge < -0.3 is 15.5 Å². The largest absolute Gasteiger partial charge is 0.507 e. The number of phenolic OH excluding ortho intramolecular Hbond substituents is 1. The van der Waals surface area contributed by atoms with Crippen molar-refractivity contribution in [1.29, 1.82) is 0 Å². The SMILES string of the molecule is CNC[C@H](C)c1c(O)c(C(C)C)cc2ccc(C)c(CC/C=C(\C)CO)c12. The molecule has 148 valence electrons. The van der Waals surface area contributed by atoms with Crippen LogP contribution in [0.1, 0.15) is 68.2 Å². The summed E-state index contributed by atoms with van der Waals surface area (Å²) in [4.78, 5) is 0. The van der Waals surface area contributed by atoms with Gasteiger partial charge in [-0.1, -0.05) is 44.6 Å². The van der Waals surface area contributed by atoms with Crippen molar-refractivity contribution in [2.24, 2.45) is 0 Å². The number of rotatable bonds is 8. The maximum atomic E-state index is 11.1. The Bertz CT molecular complexity index is 821. The molecule has 2 aromatic rings. The van der Waals surface area contributed by atoms with Gasteiger partial charge >= 0.3 is 0 Å². The summed E-state index contributed by atoms with van der Waals surface area (Å²) in [5, 5.41) is 26.1. The number of hydrogen-bond donors (Lipinski definition) is 3. The van der Waals surface area contributed by atoms with Gasteiger partial charge in [-0.3, -0.25) is 0 Å². The molecular formula is C24H35NO2. The first-order chi connectivity index (χ1) is 12.8. The van der Waals surface area contributed by atoms with Crippen molar-refractivity contribution >= 4 is 10.8 Å². The van der Waals surface area contributed by atoms with Crippen LogP contribution in [0.3, 0.4) is 0 Å². The second-order valence-electron chi connectivity index (χ2n) is 8.05. The summed E-state index contributed by atoms with van der Waals surface area (Å²) in [5.74, 6) is 0.940. The second-order valence-corrected chi connectivity index (χ2v) is 8.05. The molecule has 3 N–H and O–H groups in total. The number of hydrogen-bond acceptors (Lipinski definition) is 3. The van der Waals surface area contributed by atoms with Crippen molar-refractivity contribution in [3.05, 3.63) is 52.1 Å². The smallest absolute Gasteiger partial charge is 0.123 e. The summed E-state index contributed by atoms with van der Waals surface area (Å²) in [6, 6.07) is 6.53. The molecule has 2 rings (SSSR count). The highest BCUT2D eigenvalue weighted by Gasteiger charge is 2.21. The van der Waals surface area contributed by atoms with Gasteiger partial charge in [-0.2, -0.15) is 0 Å². The summed E-state index contributed by atoms with van der Waals surface area (Å²) in [6.45, 7) is 11.5. The van der Waals surface area contributed by atoms with Crippen LogP contribution in [0.2, 0.25) is 0 Å². The molecule has 0 amide bonds. The van der Waals surface area contributed by atoms with Crippen molar-refractivity contribution in [3.63, 3.8) is 0 Å². The quantitative estimate of drug-likeness (QED) is 0.563. The Kier molecular flexibility index (Phi) is 7.46. The summed E-state index contributed by atoms with van der Waals surface area (Å²) >= 11 is 0. The Hall–Kier alpha value is -1.84. The van der Waals surface area contributed by atoms with E-state index in [0.717, 1.165) is 36.1 Å². The fourth-order valence-corrected chi connectivity index (χ4v) is 3.90. The monoisotopic (exact) mass is 369 g/mol. The molecule has 2 aromatic carbocycles. The van der Waals surface area contributed by atoms with Crippen LogP contribution in [-0.2, 0) is 6.42 Å². The van der Waals surface area contributed by atoms with Gasteiger partial charge in [0.1, 0.15) is 5.75 Å². The lowest BCUT2D eigenvalue weighted by Gasteiger charge is -2.23. The van der Waals surface area contributed by atoms with Crippen LogP contribution >= 0.6 is 0 Å². The average Bonchev–Trinajstić information content (AvgIpc) is 2.62. The van der Waals surface area contributed by atoms with E-state index in [0.29, 0.717) is 5.75 Å². The van der Waals surface area contributed by atoms with Gasteiger partial charge in [0.25, 0.3) is 0 Å². The van der Waals surface area contributed by atoms with E-state index in [4.69, 9.17) is 0 Å². The van der Waals surface area contributed by atoms with Gasteiger partial charge in [-0.05, 0) is 79.1 Å². The van der Waals surface area contributed by atoms with E-state index in [2.05, 4.69) is 57.3 Å². The normalized spacial score (nSPS) is 13.6. The van der Waals surface area contributed by atoms with Crippen molar-refractivity contribution in [2.45, 2.75) is 59.3 Å².